The molecule has 0 radical (unpaired) electrons. The van der Waals surface area contributed by atoms with E-state index >= 15 is 0 Å². The van der Waals surface area contributed by atoms with Gasteiger partial charge in [-0.25, -0.2) is 4.98 Å². The summed E-state index contributed by atoms with van der Waals surface area (Å²) in [5.41, 5.74) is 0.604. The molecular weight excluding hydrogens is 463 g/mol. The number of fused-ring (bicyclic) bond motifs is 1. The van der Waals surface area contributed by atoms with E-state index in [2.05, 4.69) is 15.6 Å². The summed E-state index contributed by atoms with van der Waals surface area (Å²) in [6.07, 6.45) is -0.473. The predicted octanol–water partition coefficient (Wildman–Crippen LogP) is 6.13. The maximum absolute atomic E-state index is 13.1. The van der Waals surface area contributed by atoms with Gasteiger partial charge in [0.15, 0.2) is 0 Å². The van der Waals surface area contributed by atoms with Gasteiger partial charge in [0.2, 0.25) is 5.95 Å². The van der Waals surface area contributed by atoms with E-state index in [1.165, 1.54) is 6.07 Å². The third-order valence-electron chi connectivity index (χ3n) is 6.37. The fourth-order valence-corrected chi connectivity index (χ4v) is 4.78. The van der Waals surface area contributed by atoms with Crippen molar-refractivity contribution in [1.29, 1.82) is 0 Å². The van der Waals surface area contributed by atoms with Crippen molar-refractivity contribution >= 4 is 34.3 Å². The highest BCUT2D eigenvalue weighted by atomic mass is 35.5. The molecule has 1 heterocycles. The summed E-state index contributed by atoms with van der Waals surface area (Å²) in [4.78, 5) is 11.3. The van der Waals surface area contributed by atoms with Crippen molar-refractivity contribution in [3.63, 3.8) is 0 Å². The zero-order chi connectivity index (χ0) is 24.3. The fourth-order valence-electron chi connectivity index (χ4n) is 4.48. The minimum atomic E-state index is -4.44. The first-order valence-corrected chi connectivity index (χ1v) is 11.9. The molecule has 0 bridgehead atoms. The Morgan fingerprint density at radius 2 is 1.74 bits per heavy atom. The van der Waals surface area contributed by atoms with Crippen LogP contribution in [0.5, 0.6) is 0 Å². The van der Waals surface area contributed by atoms with E-state index in [1.807, 2.05) is 43.3 Å². The SMILES string of the molecule is CN(C)c1nc(NCC2CCC(NCc3cccc(C(F)(F)F)c3Cl)CC2)nc2ccccc12. The third-order valence-corrected chi connectivity index (χ3v) is 6.81. The summed E-state index contributed by atoms with van der Waals surface area (Å²) in [6, 6.07) is 12.3. The van der Waals surface area contributed by atoms with Crippen LogP contribution in [0.1, 0.15) is 36.8 Å². The molecule has 0 unspecified atom stereocenters. The van der Waals surface area contributed by atoms with Crippen molar-refractivity contribution in [2.75, 3.05) is 30.9 Å². The molecule has 2 N–H and O–H groups in total. The van der Waals surface area contributed by atoms with Gasteiger partial charge in [-0.3, -0.25) is 0 Å². The molecule has 1 aliphatic carbocycles. The van der Waals surface area contributed by atoms with Crippen molar-refractivity contribution in [3.8, 4) is 0 Å². The van der Waals surface area contributed by atoms with Gasteiger partial charge in [0.25, 0.3) is 0 Å². The monoisotopic (exact) mass is 491 g/mol. The first-order valence-electron chi connectivity index (χ1n) is 11.5. The van der Waals surface area contributed by atoms with Gasteiger partial charge in [-0.05, 0) is 55.4 Å². The number of hydrogen-bond donors (Lipinski definition) is 2. The van der Waals surface area contributed by atoms with Gasteiger partial charge in [0, 0.05) is 38.6 Å². The number of rotatable bonds is 7. The summed E-state index contributed by atoms with van der Waals surface area (Å²) < 4.78 is 39.2. The molecule has 4 rings (SSSR count). The zero-order valence-corrected chi connectivity index (χ0v) is 20.0. The number of para-hydroxylation sites is 1. The standard InChI is InChI=1S/C25H29ClF3N5/c1-34(2)23-19-7-3-4-9-21(19)32-24(33-23)31-14-16-10-12-18(13-11-16)30-15-17-6-5-8-20(22(17)26)25(27,28)29/h3-9,16,18,30H,10-15H2,1-2H3,(H,31,32,33). The third kappa shape index (κ3) is 5.73. The van der Waals surface area contributed by atoms with Crippen LogP contribution < -0.4 is 15.5 Å². The van der Waals surface area contributed by atoms with Gasteiger partial charge in [-0.1, -0.05) is 35.9 Å². The molecule has 0 amide bonds. The van der Waals surface area contributed by atoms with Crippen molar-refractivity contribution in [2.24, 2.45) is 5.92 Å². The molecule has 1 aromatic heterocycles. The van der Waals surface area contributed by atoms with E-state index in [0.717, 1.165) is 55.0 Å². The maximum atomic E-state index is 13.1. The van der Waals surface area contributed by atoms with Crippen LogP contribution in [0.15, 0.2) is 42.5 Å². The second-order valence-corrected chi connectivity index (χ2v) is 9.42. The molecule has 5 nitrogen and oxygen atoms in total. The summed E-state index contributed by atoms with van der Waals surface area (Å²) in [7, 11) is 3.94. The Kier molecular flexibility index (Phi) is 7.48. The second-order valence-electron chi connectivity index (χ2n) is 9.04. The lowest BCUT2D eigenvalue weighted by atomic mass is 9.86. The molecule has 2 aromatic carbocycles. The predicted molar refractivity (Wildman–Crippen MR) is 131 cm³/mol. The highest BCUT2D eigenvalue weighted by Crippen LogP contribution is 2.36. The van der Waals surface area contributed by atoms with Gasteiger partial charge in [0.05, 0.1) is 16.1 Å². The first kappa shape index (κ1) is 24.5. The Hall–Kier alpha value is -2.58. The highest BCUT2D eigenvalue weighted by molar-refractivity contribution is 6.32. The number of alkyl halides is 3. The molecular formula is C25H29ClF3N5. The van der Waals surface area contributed by atoms with E-state index in [0.29, 0.717) is 24.0 Å². The van der Waals surface area contributed by atoms with Crippen LogP contribution in [0.3, 0.4) is 0 Å². The van der Waals surface area contributed by atoms with E-state index in [1.54, 1.807) is 6.07 Å². The summed E-state index contributed by atoms with van der Waals surface area (Å²) >= 11 is 6.02. The van der Waals surface area contributed by atoms with Crippen LogP contribution in [0, 0.1) is 5.92 Å². The van der Waals surface area contributed by atoms with Crippen molar-refractivity contribution in [1.82, 2.24) is 15.3 Å². The molecule has 34 heavy (non-hydrogen) atoms. The molecule has 1 saturated carbocycles. The van der Waals surface area contributed by atoms with Gasteiger partial charge in [-0.15, -0.1) is 0 Å². The lowest BCUT2D eigenvalue weighted by Crippen LogP contribution is -2.34. The van der Waals surface area contributed by atoms with Crippen LogP contribution in [-0.2, 0) is 12.7 Å². The number of anilines is 2. The second kappa shape index (κ2) is 10.4. The molecule has 0 aliphatic heterocycles. The molecule has 0 atom stereocenters. The molecule has 0 saturated heterocycles. The van der Waals surface area contributed by atoms with Gasteiger partial charge >= 0.3 is 6.18 Å². The number of nitrogens with one attached hydrogen (secondary N) is 2. The number of benzene rings is 2. The average molecular weight is 492 g/mol. The molecule has 3 aromatic rings. The van der Waals surface area contributed by atoms with Crippen LogP contribution in [0.25, 0.3) is 10.9 Å². The van der Waals surface area contributed by atoms with Crippen LogP contribution in [0.4, 0.5) is 24.9 Å². The zero-order valence-electron chi connectivity index (χ0n) is 19.3. The minimum absolute atomic E-state index is 0.215. The van der Waals surface area contributed by atoms with E-state index < -0.39 is 11.7 Å². The Bertz CT molecular complexity index is 1130. The lowest BCUT2D eigenvalue weighted by molar-refractivity contribution is -0.137. The quantitative estimate of drug-likeness (QED) is 0.416. The van der Waals surface area contributed by atoms with Gasteiger partial charge in [-0.2, -0.15) is 18.2 Å². The summed E-state index contributed by atoms with van der Waals surface area (Å²) in [6.45, 7) is 1.12. The van der Waals surface area contributed by atoms with E-state index in [-0.39, 0.29) is 11.1 Å². The number of halogens is 4. The summed E-state index contributed by atoms with van der Waals surface area (Å²) in [5.74, 6) is 2.00. The van der Waals surface area contributed by atoms with Gasteiger partial charge in [0.1, 0.15) is 5.82 Å². The first-order chi connectivity index (χ1) is 16.2. The summed E-state index contributed by atoms with van der Waals surface area (Å²) in [5, 5.41) is 7.60. The highest BCUT2D eigenvalue weighted by Gasteiger charge is 2.33. The Balaban J connectivity index is 1.29. The van der Waals surface area contributed by atoms with E-state index in [9.17, 15) is 13.2 Å². The Morgan fingerprint density at radius 3 is 2.44 bits per heavy atom. The topological polar surface area (TPSA) is 53.1 Å². The van der Waals surface area contributed by atoms with Gasteiger partial charge < -0.3 is 15.5 Å². The maximum Gasteiger partial charge on any atom is 0.417 e. The normalized spacial score (nSPS) is 18.8. The average Bonchev–Trinajstić information content (AvgIpc) is 2.81. The fraction of sp³-hybridized carbons (Fsp3) is 0.440. The van der Waals surface area contributed by atoms with Crippen LogP contribution >= 0.6 is 11.6 Å². The van der Waals surface area contributed by atoms with Crippen molar-refractivity contribution in [2.45, 2.75) is 44.4 Å². The van der Waals surface area contributed by atoms with Crippen molar-refractivity contribution < 1.29 is 13.2 Å². The number of hydrogen-bond acceptors (Lipinski definition) is 5. The Morgan fingerprint density at radius 1 is 1.00 bits per heavy atom. The lowest BCUT2D eigenvalue weighted by Gasteiger charge is -2.29. The number of aromatic nitrogens is 2. The minimum Gasteiger partial charge on any atom is -0.362 e. The largest absolute Gasteiger partial charge is 0.417 e. The molecule has 9 heteroatoms. The smallest absolute Gasteiger partial charge is 0.362 e. The van der Waals surface area contributed by atoms with Crippen LogP contribution in [-0.4, -0.2) is 36.6 Å². The Labute approximate surface area is 202 Å². The molecule has 0 spiro atoms. The molecule has 1 aliphatic rings. The van der Waals surface area contributed by atoms with Crippen molar-refractivity contribution in [3.05, 3.63) is 58.6 Å². The molecule has 182 valence electrons. The van der Waals surface area contributed by atoms with E-state index in [4.69, 9.17) is 16.6 Å². The van der Waals surface area contributed by atoms with Crippen LogP contribution in [0.2, 0.25) is 5.02 Å². The molecule has 1 fully saturated rings. The number of nitrogens with zero attached hydrogens (tertiary/aromatic N) is 3.